The Bertz CT molecular complexity index is 1170. The van der Waals surface area contributed by atoms with Crippen LogP contribution < -0.4 is 4.74 Å². The van der Waals surface area contributed by atoms with Crippen molar-refractivity contribution >= 4 is 11.9 Å². The second-order valence-corrected chi connectivity index (χ2v) is 9.26. The Hall–Kier alpha value is -3.61. The summed E-state index contributed by atoms with van der Waals surface area (Å²) in [6, 6.07) is 18.0. The number of rotatable bonds is 6. The highest BCUT2D eigenvalue weighted by Gasteiger charge is 2.31. The molecule has 35 heavy (non-hydrogen) atoms. The zero-order chi connectivity index (χ0) is 24.2. The molecule has 0 radical (unpaired) electrons. The van der Waals surface area contributed by atoms with Gasteiger partial charge < -0.3 is 18.9 Å². The number of carbonyl (C=O) groups excluding carboxylic acids is 2. The van der Waals surface area contributed by atoms with Gasteiger partial charge in [-0.05, 0) is 56.0 Å². The molecule has 7 heteroatoms. The number of likely N-dealkylation sites (tertiary alicyclic amines) is 1. The van der Waals surface area contributed by atoms with E-state index in [0.29, 0.717) is 31.3 Å². The van der Waals surface area contributed by atoms with Gasteiger partial charge in [0.15, 0.2) is 0 Å². The molecule has 182 valence electrons. The van der Waals surface area contributed by atoms with Gasteiger partial charge in [0.1, 0.15) is 23.0 Å². The van der Waals surface area contributed by atoms with Gasteiger partial charge in [0, 0.05) is 38.2 Å². The number of aromatic nitrogens is 2. The van der Waals surface area contributed by atoms with E-state index in [0.717, 1.165) is 49.6 Å². The lowest BCUT2D eigenvalue weighted by Crippen LogP contribution is -2.43. The van der Waals surface area contributed by atoms with E-state index < -0.39 is 0 Å². The summed E-state index contributed by atoms with van der Waals surface area (Å²) in [7, 11) is 0. The average molecular weight is 474 g/mol. The van der Waals surface area contributed by atoms with Crippen LogP contribution in [0, 0.1) is 5.92 Å². The smallest absolute Gasteiger partial charge is 0.310 e. The van der Waals surface area contributed by atoms with Crippen LogP contribution in [0.3, 0.4) is 0 Å². The van der Waals surface area contributed by atoms with E-state index in [9.17, 15) is 9.59 Å². The van der Waals surface area contributed by atoms with E-state index in [-0.39, 0.29) is 17.8 Å². The van der Waals surface area contributed by atoms with Crippen molar-refractivity contribution in [3.05, 3.63) is 77.9 Å². The van der Waals surface area contributed by atoms with Crippen molar-refractivity contribution in [2.45, 2.75) is 45.1 Å². The maximum Gasteiger partial charge on any atom is 0.310 e. The third-order valence-corrected chi connectivity index (χ3v) is 6.87. The van der Waals surface area contributed by atoms with Crippen LogP contribution in [0.2, 0.25) is 0 Å². The highest BCUT2D eigenvalue weighted by atomic mass is 16.5. The molecule has 0 spiro atoms. The summed E-state index contributed by atoms with van der Waals surface area (Å²) in [4.78, 5) is 31.7. The number of hydrogen-bond acceptors (Lipinski definition) is 5. The van der Waals surface area contributed by atoms with Crippen molar-refractivity contribution in [3.8, 4) is 11.5 Å². The summed E-state index contributed by atoms with van der Waals surface area (Å²) in [5, 5.41) is 0. The maximum atomic E-state index is 13.2. The summed E-state index contributed by atoms with van der Waals surface area (Å²) in [6.07, 6.45) is 5.25. The van der Waals surface area contributed by atoms with Crippen LogP contribution in [0.15, 0.2) is 60.8 Å². The summed E-state index contributed by atoms with van der Waals surface area (Å²) >= 11 is 0. The van der Waals surface area contributed by atoms with Gasteiger partial charge in [-0.2, -0.15) is 0 Å². The lowest BCUT2D eigenvalue weighted by Gasteiger charge is -2.31. The van der Waals surface area contributed by atoms with Crippen LogP contribution in [0.5, 0.6) is 11.5 Å². The first-order valence-corrected chi connectivity index (χ1v) is 12.5. The summed E-state index contributed by atoms with van der Waals surface area (Å²) in [6.45, 7) is 4.01. The fraction of sp³-hybridized carbons (Fsp3) is 0.393. The number of benzene rings is 2. The molecule has 0 N–H and O–H groups in total. The van der Waals surface area contributed by atoms with E-state index in [1.165, 1.54) is 5.56 Å². The number of imidazole rings is 1. The van der Waals surface area contributed by atoms with E-state index in [2.05, 4.69) is 21.7 Å². The number of ether oxygens (including phenoxy) is 2. The molecular formula is C28H31N3O4. The maximum absolute atomic E-state index is 13.2. The number of piperidine rings is 1. The normalized spacial score (nSPS) is 19.6. The van der Waals surface area contributed by atoms with Crippen LogP contribution >= 0.6 is 0 Å². The predicted molar refractivity (Wildman–Crippen MR) is 132 cm³/mol. The van der Waals surface area contributed by atoms with E-state index >= 15 is 0 Å². The molecular weight excluding hydrogens is 442 g/mol. The number of amides is 1. The minimum atomic E-state index is -0.247. The molecule has 2 aliphatic rings. The lowest BCUT2D eigenvalue weighted by molar-refractivity contribution is -0.149. The quantitative estimate of drug-likeness (QED) is 0.480. The molecule has 0 bridgehead atoms. The summed E-state index contributed by atoms with van der Waals surface area (Å²) in [5.41, 5.74) is 1.72. The molecule has 7 nitrogen and oxygen atoms in total. The molecule has 3 heterocycles. The largest absolute Gasteiger partial charge is 0.466 e. The number of carbonyl (C=O) groups is 2. The molecule has 1 fully saturated rings. The monoisotopic (exact) mass is 473 g/mol. The van der Waals surface area contributed by atoms with Crippen LogP contribution in [-0.2, 0) is 22.5 Å². The van der Waals surface area contributed by atoms with Crippen LogP contribution in [0.25, 0.3) is 0 Å². The predicted octanol–water partition coefficient (Wildman–Crippen LogP) is 4.82. The van der Waals surface area contributed by atoms with E-state index in [4.69, 9.17) is 9.47 Å². The number of hydrogen-bond donors (Lipinski definition) is 0. The molecule has 2 aromatic carbocycles. The minimum Gasteiger partial charge on any atom is -0.466 e. The van der Waals surface area contributed by atoms with Gasteiger partial charge in [-0.1, -0.05) is 30.3 Å². The summed E-state index contributed by atoms with van der Waals surface area (Å²) in [5.74, 6) is 2.39. The van der Waals surface area contributed by atoms with Crippen LogP contribution in [0.1, 0.15) is 54.0 Å². The number of nitrogens with zero attached hydrogens (tertiary/aromatic N) is 3. The zero-order valence-electron chi connectivity index (χ0n) is 20.1. The molecule has 0 saturated carbocycles. The number of para-hydroxylation sites is 1. The standard InChI is InChI=1S/C28H31N3O4/c1-2-34-28(33)22-7-6-16-30(18-22)27(32)25-19-31-17-21(12-15-26(31)29-25)20-10-13-24(14-11-20)35-23-8-4-3-5-9-23/h3-5,8-11,13-14,19,21-22H,2,6-7,12,15-18H2,1H3/t21-,22-/m0/s1. The van der Waals surface area contributed by atoms with Gasteiger partial charge in [-0.3, -0.25) is 9.59 Å². The van der Waals surface area contributed by atoms with Crippen LogP contribution in [-0.4, -0.2) is 46.0 Å². The van der Waals surface area contributed by atoms with Crippen molar-refractivity contribution in [1.29, 1.82) is 0 Å². The Kier molecular flexibility index (Phi) is 6.84. The van der Waals surface area contributed by atoms with Gasteiger partial charge in [0.05, 0.1) is 12.5 Å². The Balaban J connectivity index is 1.23. The Morgan fingerprint density at radius 3 is 2.54 bits per heavy atom. The van der Waals surface area contributed by atoms with Gasteiger partial charge in [0.2, 0.25) is 0 Å². The fourth-order valence-electron chi connectivity index (χ4n) is 5.03. The van der Waals surface area contributed by atoms with Gasteiger partial charge in [0.25, 0.3) is 5.91 Å². The highest BCUT2D eigenvalue weighted by molar-refractivity contribution is 5.92. The number of esters is 1. The van der Waals surface area contributed by atoms with Crippen molar-refractivity contribution < 1.29 is 19.1 Å². The topological polar surface area (TPSA) is 73.7 Å². The van der Waals surface area contributed by atoms with E-state index in [1.807, 2.05) is 48.7 Å². The molecule has 2 atom stereocenters. The van der Waals surface area contributed by atoms with Gasteiger partial charge in [-0.25, -0.2) is 4.98 Å². The second-order valence-electron chi connectivity index (χ2n) is 9.26. The molecule has 2 aliphatic heterocycles. The Morgan fingerprint density at radius 1 is 1.00 bits per heavy atom. The van der Waals surface area contributed by atoms with Crippen molar-refractivity contribution in [2.75, 3.05) is 19.7 Å². The van der Waals surface area contributed by atoms with Crippen molar-refractivity contribution in [3.63, 3.8) is 0 Å². The molecule has 1 amide bonds. The zero-order valence-corrected chi connectivity index (χ0v) is 20.1. The average Bonchev–Trinajstić information content (AvgIpc) is 3.33. The fourth-order valence-corrected chi connectivity index (χ4v) is 5.03. The first-order chi connectivity index (χ1) is 17.1. The molecule has 5 rings (SSSR count). The molecule has 0 unspecified atom stereocenters. The molecule has 1 aromatic heterocycles. The Labute approximate surface area is 205 Å². The van der Waals surface area contributed by atoms with Crippen molar-refractivity contribution in [1.82, 2.24) is 14.5 Å². The van der Waals surface area contributed by atoms with Crippen molar-refractivity contribution in [2.24, 2.45) is 5.92 Å². The summed E-state index contributed by atoms with van der Waals surface area (Å²) < 4.78 is 13.2. The third-order valence-electron chi connectivity index (χ3n) is 6.87. The third kappa shape index (κ3) is 5.24. The molecule has 3 aromatic rings. The first-order valence-electron chi connectivity index (χ1n) is 12.5. The number of aryl methyl sites for hydroxylation is 1. The first kappa shape index (κ1) is 23.1. The number of fused-ring (bicyclic) bond motifs is 1. The van der Waals surface area contributed by atoms with Gasteiger partial charge >= 0.3 is 5.97 Å². The highest BCUT2D eigenvalue weighted by Crippen LogP contribution is 2.31. The lowest BCUT2D eigenvalue weighted by atomic mass is 9.91. The minimum absolute atomic E-state index is 0.0973. The second kappa shape index (κ2) is 10.3. The van der Waals surface area contributed by atoms with E-state index in [1.54, 1.807) is 11.8 Å². The van der Waals surface area contributed by atoms with Gasteiger partial charge in [-0.15, -0.1) is 0 Å². The molecule has 1 saturated heterocycles. The van der Waals surface area contributed by atoms with Crippen LogP contribution in [0.4, 0.5) is 0 Å². The SMILES string of the molecule is CCOC(=O)[C@H]1CCCN(C(=O)c2cn3c(n2)CC[C@H](c2ccc(Oc4ccccc4)cc2)C3)C1. The molecule has 0 aliphatic carbocycles. The Morgan fingerprint density at radius 2 is 1.77 bits per heavy atom.